The molecule has 0 aliphatic rings. The van der Waals surface area contributed by atoms with Crippen molar-refractivity contribution >= 4 is 0 Å². The SMILES string of the molecule is OCCCCCNC(c1ccccc1)c1ccc(O)cc1. The maximum absolute atomic E-state index is 9.44. The molecule has 0 fully saturated rings. The van der Waals surface area contributed by atoms with E-state index in [1.54, 1.807) is 12.1 Å². The highest BCUT2D eigenvalue weighted by molar-refractivity contribution is 5.34. The van der Waals surface area contributed by atoms with Crippen molar-refractivity contribution in [2.45, 2.75) is 25.3 Å². The fraction of sp³-hybridized carbons (Fsp3) is 0.333. The Labute approximate surface area is 126 Å². The first-order chi connectivity index (χ1) is 10.3. The molecule has 112 valence electrons. The Hall–Kier alpha value is -1.84. The summed E-state index contributed by atoms with van der Waals surface area (Å²) < 4.78 is 0. The summed E-state index contributed by atoms with van der Waals surface area (Å²) in [7, 11) is 0. The minimum Gasteiger partial charge on any atom is -0.508 e. The fourth-order valence-corrected chi connectivity index (χ4v) is 2.40. The number of unbranched alkanes of at least 4 members (excludes halogenated alkanes) is 2. The van der Waals surface area contributed by atoms with Crippen LogP contribution in [0.5, 0.6) is 5.75 Å². The number of aromatic hydroxyl groups is 1. The molecule has 1 unspecified atom stereocenters. The first kappa shape index (κ1) is 15.5. The molecule has 0 amide bonds. The number of phenolic OH excluding ortho intramolecular Hbond substituents is 1. The molecule has 2 rings (SSSR count). The molecule has 2 aromatic rings. The number of aliphatic hydroxyl groups excluding tert-OH is 1. The first-order valence-electron chi connectivity index (χ1n) is 7.49. The third-order valence-corrected chi connectivity index (χ3v) is 3.54. The molecule has 0 radical (unpaired) electrons. The van der Waals surface area contributed by atoms with E-state index >= 15 is 0 Å². The largest absolute Gasteiger partial charge is 0.508 e. The van der Waals surface area contributed by atoms with Gasteiger partial charge >= 0.3 is 0 Å². The van der Waals surface area contributed by atoms with Crippen LogP contribution in [0.25, 0.3) is 0 Å². The van der Waals surface area contributed by atoms with Crippen LogP contribution in [0.2, 0.25) is 0 Å². The van der Waals surface area contributed by atoms with Crippen LogP contribution in [0, 0.1) is 0 Å². The topological polar surface area (TPSA) is 52.5 Å². The molecule has 0 saturated heterocycles. The molecule has 3 N–H and O–H groups in total. The van der Waals surface area contributed by atoms with Crippen LogP contribution in [0.3, 0.4) is 0 Å². The molecule has 1 atom stereocenters. The number of nitrogens with one attached hydrogen (secondary N) is 1. The lowest BCUT2D eigenvalue weighted by atomic mass is 9.98. The predicted molar refractivity (Wildman–Crippen MR) is 85.3 cm³/mol. The highest BCUT2D eigenvalue weighted by atomic mass is 16.3. The smallest absolute Gasteiger partial charge is 0.115 e. The summed E-state index contributed by atoms with van der Waals surface area (Å²) in [6.45, 7) is 1.17. The lowest BCUT2D eigenvalue weighted by molar-refractivity contribution is 0.282. The third-order valence-electron chi connectivity index (χ3n) is 3.54. The van der Waals surface area contributed by atoms with Gasteiger partial charge in [-0.15, -0.1) is 0 Å². The lowest BCUT2D eigenvalue weighted by Gasteiger charge is -2.20. The van der Waals surface area contributed by atoms with Gasteiger partial charge in [0.15, 0.2) is 0 Å². The Morgan fingerprint density at radius 1 is 0.810 bits per heavy atom. The van der Waals surface area contributed by atoms with Gasteiger partial charge in [-0.25, -0.2) is 0 Å². The van der Waals surface area contributed by atoms with Crippen molar-refractivity contribution in [2.24, 2.45) is 0 Å². The van der Waals surface area contributed by atoms with Gasteiger partial charge in [0.05, 0.1) is 6.04 Å². The van der Waals surface area contributed by atoms with Crippen molar-refractivity contribution in [3.05, 3.63) is 65.7 Å². The van der Waals surface area contributed by atoms with Crippen LogP contribution in [0.1, 0.15) is 36.4 Å². The zero-order valence-electron chi connectivity index (χ0n) is 12.2. The van der Waals surface area contributed by atoms with E-state index in [0.717, 1.165) is 31.4 Å². The summed E-state index contributed by atoms with van der Waals surface area (Å²) in [5, 5.41) is 21.8. The van der Waals surface area contributed by atoms with Gasteiger partial charge in [-0.05, 0) is 49.1 Å². The van der Waals surface area contributed by atoms with E-state index in [2.05, 4.69) is 17.4 Å². The Morgan fingerprint density at radius 3 is 2.14 bits per heavy atom. The molecule has 2 aromatic carbocycles. The minimum atomic E-state index is 0.126. The van der Waals surface area contributed by atoms with Gasteiger partial charge in [-0.3, -0.25) is 0 Å². The van der Waals surface area contributed by atoms with E-state index in [0.29, 0.717) is 0 Å². The maximum atomic E-state index is 9.44. The molecule has 21 heavy (non-hydrogen) atoms. The maximum Gasteiger partial charge on any atom is 0.115 e. The highest BCUT2D eigenvalue weighted by Gasteiger charge is 2.12. The summed E-state index contributed by atoms with van der Waals surface area (Å²) in [4.78, 5) is 0. The van der Waals surface area contributed by atoms with Crippen LogP contribution in [0.4, 0.5) is 0 Å². The molecule has 3 nitrogen and oxygen atoms in total. The summed E-state index contributed by atoms with van der Waals surface area (Å²) >= 11 is 0. The molecule has 0 aliphatic carbocycles. The van der Waals surface area contributed by atoms with E-state index in [9.17, 15) is 5.11 Å². The van der Waals surface area contributed by atoms with Crippen molar-refractivity contribution in [2.75, 3.05) is 13.2 Å². The second-order valence-corrected chi connectivity index (χ2v) is 5.17. The number of hydrogen-bond donors (Lipinski definition) is 3. The zero-order valence-corrected chi connectivity index (χ0v) is 12.2. The quantitative estimate of drug-likeness (QED) is 0.653. The third kappa shape index (κ3) is 4.88. The number of rotatable bonds is 8. The number of phenols is 1. The van der Waals surface area contributed by atoms with Gasteiger partial charge in [-0.2, -0.15) is 0 Å². The Bertz CT molecular complexity index is 511. The van der Waals surface area contributed by atoms with Gasteiger partial charge in [-0.1, -0.05) is 42.5 Å². The van der Waals surface area contributed by atoms with Crippen LogP contribution in [-0.2, 0) is 0 Å². The molecule has 0 bridgehead atoms. The van der Waals surface area contributed by atoms with Crippen LogP contribution in [-0.4, -0.2) is 23.4 Å². The summed E-state index contributed by atoms with van der Waals surface area (Å²) in [6.07, 6.45) is 2.93. The molecular weight excluding hydrogens is 262 g/mol. The van der Waals surface area contributed by atoms with Gasteiger partial charge in [0.1, 0.15) is 5.75 Å². The van der Waals surface area contributed by atoms with Crippen molar-refractivity contribution in [3.63, 3.8) is 0 Å². The minimum absolute atomic E-state index is 0.126. The fourth-order valence-electron chi connectivity index (χ4n) is 2.40. The van der Waals surface area contributed by atoms with E-state index in [-0.39, 0.29) is 18.4 Å². The standard InChI is InChI=1S/C18H23NO2/c20-14-6-2-5-13-19-18(15-7-3-1-4-8-15)16-9-11-17(21)12-10-16/h1,3-4,7-12,18-21H,2,5-6,13-14H2. The molecule has 0 aliphatic heterocycles. The van der Waals surface area contributed by atoms with Crippen LogP contribution >= 0.6 is 0 Å². The van der Waals surface area contributed by atoms with E-state index in [1.165, 1.54) is 5.56 Å². The normalized spacial score (nSPS) is 12.2. The van der Waals surface area contributed by atoms with Gasteiger partial charge in [0, 0.05) is 6.61 Å². The second-order valence-electron chi connectivity index (χ2n) is 5.17. The monoisotopic (exact) mass is 285 g/mol. The van der Waals surface area contributed by atoms with E-state index < -0.39 is 0 Å². The van der Waals surface area contributed by atoms with Crippen molar-refractivity contribution < 1.29 is 10.2 Å². The molecule has 0 heterocycles. The Kier molecular flexibility index (Phi) is 6.25. The van der Waals surface area contributed by atoms with Gasteiger partial charge in [0.25, 0.3) is 0 Å². The predicted octanol–water partition coefficient (Wildman–Crippen LogP) is 3.23. The van der Waals surface area contributed by atoms with Crippen molar-refractivity contribution in [3.8, 4) is 5.75 Å². The van der Waals surface area contributed by atoms with Gasteiger partial charge in [0.2, 0.25) is 0 Å². The number of aliphatic hydroxyl groups is 1. The molecular formula is C18H23NO2. The van der Waals surface area contributed by atoms with Crippen molar-refractivity contribution in [1.29, 1.82) is 0 Å². The highest BCUT2D eigenvalue weighted by Crippen LogP contribution is 2.23. The summed E-state index contributed by atoms with van der Waals surface area (Å²) in [5.41, 5.74) is 2.35. The number of hydrogen-bond acceptors (Lipinski definition) is 3. The first-order valence-corrected chi connectivity index (χ1v) is 7.49. The Morgan fingerprint density at radius 2 is 1.48 bits per heavy atom. The second kappa shape index (κ2) is 8.45. The van der Waals surface area contributed by atoms with E-state index in [1.807, 2.05) is 30.3 Å². The lowest BCUT2D eigenvalue weighted by Crippen LogP contribution is -2.23. The number of benzene rings is 2. The molecule has 3 heteroatoms. The molecule has 0 aromatic heterocycles. The Balaban J connectivity index is 2.06. The summed E-state index contributed by atoms with van der Waals surface area (Å²) in [6, 6.07) is 17.8. The molecule has 0 saturated carbocycles. The molecule has 0 spiro atoms. The van der Waals surface area contributed by atoms with Crippen LogP contribution in [0.15, 0.2) is 54.6 Å². The summed E-state index contributed by atoms with van der Waals surface area (Å²) in [5.74, 6) is 0.286. The van der Waals surface area contributed by atoms with E-state index in [4.69, 9.17) is 5.11 Å². The zero-order chi connectivity index (χ0) is 14.9. The van der Waals surface area contributed by atoms with Gasteiger partial charge < -0.3 is 15.5 Å². The average Bonchev–Trinajstić information content (AvgIpc) is 2.53. The van der Waals surface area contributed by atoms with Crippen LogP contribution < -0.4 is 5.32 Å². The van der Waals surface area contributed by atoms with Crippen molar-refractivity contribution in [1.82, 2.24) is 5.32 Å². The average molecular weight is 285 g/mol.